The van der Waals surface area contributed by atoms with E-state index in [1.54, 1.807) is 0 Å². The first kappa shape index (κ1) is 19.3. The second-order valence-electron chi connectivity index (χ2n) is 7.73. The Morgan fingerprint density at radius 3 is 2.64 bits per heavy atom. The van der Waals surface area contributed by atoms with E-state index >= 15 is 0 Å². The maximum Gasteiger partial charge on any atom is 0.225 e. The van der Waals surface area contributed by atoms with E-state index in [-0.39, 0.29) is 12.1 Å². The van der Waals surface area contributed by atoms with Gasteiger partial charge in [-0.15, -0.1) is 0 Å². The van der Waals surface area contributed by atoms with E-state index in [4.69, 9.17) is 4.74 Å². The standard InChI is InChI=1S/C20H31N7O/c1-3-27-15-17(14-24-27)19-18(5-4-10-28-19)21-11-16-12-22-20(23-13-16)26-8-6-25(2)7-9-26/h12-15,18-19,21H,3-11H2,1-2H3/t18-,19+/m0/s1. The van der Waals surface area contributed by atoms with E-state index < -0.39 is 0 Å². The predicted molar refractivity (Wildman–Crippen MR) is 108 cm³/mol. The van der Waals surface area contributed by atoms with Gasteiger partial charge in [0, 0.05) is 81.6 Å². The molecule has 2 fully saturated rings. The number of ether oxygens (including phenoxy) is 1. The first-order valence-corrected chi connectivity index (χ1v) is 10.3. The van der Waals surface area contributed by atoms with Gasteiger partial charge in [0.1, 0.15) is 6.10 Å². The summed E-state index contributed by atoms with van der Waals surface area (Å²) in [5.74, 6) is 0.836. The lowest BCUT2D eigenvalue weighted by atomic mass is 9.98. The molecular formula is C20H31N7O. The summed E-state index contributed by atoms with van der Waals surface area (Å²) in [6.07, 6.45) is 10.2. The zero-order valence-corrected chi connectivity index (χ0v) is 16.9. The topological polar surface area (TPSA) is 71.3 Å². The lowest BCUT2D eigenvalue weighted by Crippen LogP contribution is -2.45. The SMILES string of the molecule is CCn1cc([C@H]2OCCC[C@@H]2NCc2cnc(N3CCN(C)CC3)nc2)cn1. The van der Waals surface area contributed by atoms with Gasteiger partial charge in [0.2, 0.25) is 5.95 Å². The van der Waals surface area contributed by atoms with E-state index in [0.29, 0.717) is 0 Å². The highest BCUT2D eigenvalue weighted by atomic mass is 16.5. The van der Waals surface area contributed by atoms with Crippen LogP contribution in [-0.4, -0.2) is 70.5 Å². The van der Waals surface area contributed by atoms with Gasteiger partial charge in [0.15, 0.2) is 0 Å². The third-order valence-corrected chi connectivity index (χ3v) is 5.67. The number of anilines is 1. The molecule has 28 heavy (non-hydrogen) atoms. The van der Waals surface area contributed by atoms with Crippen LogP contribution in [0.1, 0.15) is 37.0 Å². The molecule has 1 N–H and O–H groups in total. The highest BCUT2D eigenvalue weighted by molar-refractivity contribution is 5.30. The fourth-order valence-corrected chi connectivity index (χ4v) is 3.88. The van der Waals surface area contributed by atoms with E-state index in [0.717, 1.165) is 75.8 Å². The zero-order chi connectivity index (χ0) is 19.3. The number of rotatable bonds is 6. The van der Waals surface area contributed by atoms with Crippen LogP contribution in [0.4, 0.5) is 5.95 Å². The maximum absolute atomic E-state index is 6.07. The summed E-state index contributed by atoms with van der Waals surface area (Å²) in [5, 5.41) is 8.06. The van der Waals surface area contributed by atoms with Crippen molar-refractivity contribution >= 4 is 5.95 Å². The smallest absolute Gasteiger partial charge is 0.225 e. The first-order valence-electron chi connectivity index (χ1n) is 10.3. The van der Waals surface area contributed by atoms with Crippen LogP contribution in [0, 0.1) is 0 Å². The van der Waals surface area contributed by atoms with E-state index in [1.165, 1.54) is 0 Å². The summed E-state index contributed by atoms with van der Waals surface area (Å²) in [6.45, 7) is 8.62. The summed E-state index contributed by atoms with van der Waals surface area (Å²) in [5.41, 5.74) is 2.26. The molecule has 0 amide bonds. The minimum atomic E-state index is 0.0552. The van der Waals surface area contributed by atoms with Crippen molar-refractivity contribution < 1.29 is 4.74 Å². The molecule has 2 saturated heterocycles. The van der Waals surface area contributed by atoms with Gasteiger partial charge in [0.05, 0.1) is 6.20 Å². The first-order chi connectivity index (χ1) is 13.7. The van der Waals surface area contributed by atoms with Gasteiger partial charge in [-0.3, -0.25) is 4.68 Å². The number of hydrogen-bond donors (Lipinski definition) is 1. The predicted octanol–water partition coefficient (Wildman–Crippen LogP) is 1.45. The van der Waals surface area contributed by atoms with Crippen LogP contribution >= 0.6 is 0 Å². The van der Waals surface area contributed by atoms with Gasteiger partial charge in [0.25, 0.3) is 0 Å². The normalized spacial score (nSPS) is 23.9. The number of aryl methyl sites for hydroxylation is 1. The minimum Gasteiger partial charge on any atom is -0.372 e. The van der Waals surface area contributed by atoms with Crippen LogP contribution in [0.25, 0.3) is 0 Å². The van der Waals surface area contributed by atoms with Crippen molar-refractivity contribution in [3.8, 4) is 0 Å². The van der Waals surface area contributed by atoms with Gasteiger partial charge in [-0.05, 0) is 26.8 Å². The number of nitrogens with zero attached hydrogens (tertiary/aromatic N) is 6. The molecule has 0 saturated carbocycles. The van der Waals surface area contributed by atoms with Crippen molar-refractivity contribution in [2.24, 2.45) is 0 Å². The van der Waals surface area contributed by atoms with Crippen LogP contribution < -0.4 is 10.2 Å². The Bertz CT molecular complexity index is 739. The monoisotopic (exact) mass is 385 g/mol. The largest absolute Gasteiger partial charge is 0.372 e. The van der Waals surface area contributed by atoms with Gasteiger partial charge in [-0.25, -0.2) is 9.97 Å². The third-order valence-electron chi connectivity index (χ3n) is 5.67. The Morgan fingerprint density at radius 2 is 1.93 bits per heavy atom. The van der Waals surface area contributed by atoms with Crippen molar-refractivity contribution in [2.75, 3.05) is 44.7 Å². The summed E-state index contributed by atoms with van der Waals surface area (Å²) < 4.78 is 8.03. The van der Waals surface area contributed by atoms with E-state index in [1.807, 2.05) is 23.3 Å². The summed E-state index contributed by atoms with van der Waals surface area (Å²) in [7, 11) is 2.16. The molecule has 2 atom stereocenters. The number of nitrogens with one attached hydrogen (secondary N) is 1. The fraction of sp³-hybridized carbons (Fsp3) is 0.650. The quantitative estimate of drug-likeness (QED) is 0.807. The van der Waals surface area contributed by atoms with Crippen LogP contribution in [0.15, 0.2) is 24.8 Å². The van der Waals surface area contributed by atoms with Gasteiger partial charge >= 0.3 is 0 Å². The highest BCUT2D eigenvalue weighted by Crippen LogP contribution is 2.28. The van der Waals surface area contributed by atoms with Crippen molar-refractivity contribution in [2.45, 2.75) is 45.0 Å². The molecule has 0 radical (unpaired) electrons. The van der Waals surface area contributed by atoms with Crippen LogP contribution in [-0.2, 0) is 17.8 Å². The van der Waals surface area contributed by atoms with Crippen molar-refractivity contribution in [3.63, 3.8) is 0 Å². The van der Waals surface area contributed by atoms with Crippen LogP contribution in [0.5, 0.6) is 0 Å². The third kappa shape index (κ3) is 4.51. The Kier molecular flexibility index (Phi) is 6.19. The summed E-state index contributed by atoms with van der Waals surface area (Å²) in [6, 6.07) is 0.278. The Labute approximate surface area is 166 Å². The summed E-state index contributed by atoms with van der Waals surface area (Å²) in [4.78, 5) is 13.8. The van der Waals surface area contributed by atoms with E-state index in [9.17, 15) is 0 Å². The number of likely N-dealkylation sites (N-methyl/N-ethyl adjacent to an activating group) is 1. The molecule has 0 aromatic carbocycles. The molecule has 0 unspecified atom stereocenters. The molecule has 0 bridgehead atoms. The van der Waals surface area contributed by atoms with Crippen molar-refractivity contribution in [1.82, 2.24) is 30.0 Å². The highest BCUT2D eigenvalue weighted by Gasteiger charge is 2.28. The average molecular weight is 386 g/mol. The van der Waals surface area contributed by atoms with Gasteiger partial charge < -0.3 is 19.9 Å². The molecule has 2 aliphatic heterocycles. The van der Waals surface area contributed by atoms with Gasteiger partial charge in [-0.1, -0.05) is 0 Å². The fourth-order valence-electron chi connectivity index (χ4n) is 3.88. The summed E-state index contributed by atoms with van der Waals surface area (Å²) >= 11 is 0. The Hall–Kier alpha value is -2.03. The van der Waals surface area contributed by atoms with Crippen molar-refractivity contribution in [1.29, 1.82) is 0 Å². The molecule has 4 rings (SSSR count). The molecule has 0 spiro atoms. The van der Waals surface area contributed by atoms with Crippen LogP contribution in [0.2, 0.25) is 0 Å². The molecule has 2 aliphatic rings. The second kappa shape index (κ2) is 8.98. The average Bonchev–Trinajstić information content (AvgIpc) is 3.23. The molecule has 0 aliphatic carbocycles. The lowest BCUT2D eigenvalue weighted by molar-refractivity contribution is -0.0112. The molecule has 8 heteroatoms. The minimum absolute atomic E-state index is 0.0552. The van der Waals surface area contributed by atoms with Crippen LogP contribution in [0.3, 0.4) is 0 Å². The molecule has 2 aromatic rings. The number of piperazine rings is 1. The second-order valence-corrected chi connectivity index (χ2v) is 7.73. The Morgan fingerprint density at radius 1 is 1.14 bits per heavy atom. The maximum atomic E-state index is 6.07. The zero-order valence-electron chi connectivity index (χ0n) is 16.9. The molecule has 8 nitrogen and oxygen atoms in total. The van der Waals surface area contributed by atoms with E-state index in [2.05, 4.69) is 50.4 Å². The molecule has 2 aromatic heterocycles. The van der Waals surface area contributed by atoms with Gasteiger partial charge in [-0.2, -0.15) is 5.10 Å². The number of aromatic nitrogens is 4. The lowest BCUT2D eigenvalue weighted by Gasteiger charge is -2.32. The van der Waals surface area contributed by atoms with Crippen molar-refractivity contribution in [3.05, 3.63) is 35.9 Å². The molecular weight excluding hydrogens is 354 g/mol. The molecule has 152 valence electrons. The molecule has 4 heterocycles. The number of hydrogen-bond acceptors (Lipinski definition) is 7. The Balaban J connectivity index is 1.34.